The van der Waals surface area contributed by atoms with Gasteiger partial charge in [0.25, 0.3) is 5.91 Å². The van der Waals surface area contributed by atoms with Crippen LogP contribution in [0.3, 0.4) is 0 Å². The predicted molar refractivity (Wildman–Crippen MR) is 55.1 cm³/mol. The molecule has 0 spiro atoms. The summed E-state index contributed by atoms with van der Waals surface area (Å²) in [5, 5.41) is 3.10. The van der Waals surface area contributed by atoms with E-state index in [9.17, 15) is 4.79 Å². The minimum absolute atomic E-state index is 0.246. The van der Waals surface area contributed by atoms with E-state index in [1.807, 2.05) is 25.1 Å². The first-order chi connectivity index (χ1) is 6.79. The van der Waals surface area contributed by atoms with Gasteiger partial charge in [-0.1, -0.05) is 12.1 Å². The molecule has 2 N–H and O–H groups in total. The maximum atomic E-state index is 11.5. The molecule has 0 saturated heterocycles. The third-order valence-corrected chi connectivity index (χ3v) is 1.73. The van der Waals surface area contributed by atoms with Crippen molar-refractivity contribution in [1.29, 1.82) is 0 Å². The van der Waals surface area contributed by atoms with Crippen LogP contribution in [0.15, 0.2) is 24.3 Å². The number of para-hydroxylation sites is 1. The Hall–Kier alpha value is -1.55. The van der Waals surface area contributed by atoms with Gasteiger partial charge in [-0.2, -0.15) is 0 Å². The smallest absolute Gasteiger partial charge is 0.276 e. The number of benzene rings is 1. The highest BCUT2D eigenvalue weighted by Gasteiger charge is 2.08. The number of nitrogens with one attached hydrogen (secondary N) is 2. The van der Waals surface area contributed by atoms with Gasteiger partial charge in [0.05, 0.1) is 12.7 Å². The fourth-order valence-electron chi connectivity index (χ4n) is 1.17. The first-order valence-electron chi connectivity index (χ1n) is 4.45. The van der Waals surface area contributed by atoms with Crippen LogP contribution in [0, 0.1) is 0 Å². The van der Waals surface area contributed by atoms with Gasteiger partial charge in [0.2, 0.25) is 0 Å². The second-order valence-electron chi connectivity index (χ2n) is 2.71. The van der Waals surface area contributed by atoms with Crippen LogP contribution in [0.4, 0.5) is 5.69 Å². The molecule has 1 aromatic carbocycles. The van der Waals surface area contributed by atoms with E-state index in [1.54, 1.807) is 6.07 Å². The van der Waals surface area contributed by atoms with Gasteiger partial charge in [-0.25, -0.2) is 5.48 Å². The minimum atomic E-state index is -0.246. The molecule has 0 aliphatic heterocycles. The SMILES string of the molecule is CCNc1ccccc1C(=O)NOC. The highest BCUT2D eigenvalue weighted by molar-refractivity contribution is 5.98. The summed E-state index contributed by atoms with van der Waals surface area (Å²) in [4.78, 5) is 16.0. The first-order valence-corrected chi connectivity index (χ1v) is 4.45. The quantitative estimate of drug-likeness (QED) is 0.712. The Morgan fingerprint density at radius 1 is 1.43 bits per heavy atom. The van der Waals surface area contributed by atoms with Gasteiger partial charge in [-0.05, 0) is 19.1 Å². The third-order valence-electron chi connectivity index (χ3n) is 1.73. The summed E-state index contributed by atoms with van der Waals surface area (Å²) in [6.07, 6.45) is 0. The number of carbonyl (C=O) groups excluding carboxylic acids is 1. The van der Waals surface area contributed by atoms with Gasteiger partial charge in [-0.15, -0.1) is 0 Å². The molecule has 0 radical (unpaired) electrons. The molecular weight excluding hydrogens is 180 g/mol. The van der Waals surface area contributed by atoms with Crippen molar-refractivity contribution in [3.8, 4) is 0 Å². The number of hydrogen-bond donors (Lipinski definition) is 2. The number of hydrogen-bond acceptors (Lipinski definition) is 3. The van der Waals surface area contributed by atoms with E-state index >= 15 is 0 Å². The predicted octanol–water partition coefficient (Wildman–Crippen LogP) is 1.41. The minimum Gasteiger partial charge on any atom is -0.385 e. The Kier molecular flexibility index (Phi) is 3.94. The van der Waals surface area contributed by atoms with E-state index in [-0.39, 0.29) is 5.91 Å². The summed E-state index contributed by atoms with van der Waals surface area (Å²) in [7, 11) is 1.41. The average molecular weight is 194 g/mol. The third kappa shape index (κ3) is 2.47. The molecular formula is C10H14N2O2. The number of hydroxylamine groups is 1. The molecule has 0 aliphatic carbocycles. The molecule has 76 valence electrons. The van der Waals surface area contributed by atoms with Crippen LogP contribution in [0.5, 0.6) is 0 Å². The van der Waals surface area contributed by atoms with E-state index in [0.29, 0.717) is 5.56 Å². The maximum Gasteiger partial charge on any atom is 0.276 e. The molecule has 4 nitrogen and oxygen atoms in total. The molecule has 1 rings (SSSR count). The van der Waals surface area contributed by atoms with Crippen molar-refractivity contribution in [3.63, 3.8) is 0 Å². The number of anilines is 1. The highest BCUT2D eigenvalue weighted by atomic mass is 16.6. The lowest BCUT2D eigenvalue weighted by Gasteiger charge is -2.09. The molecule has 0 heterocycles. The summed E-state index contributed by atoms with van der Waals surface area (Å²) in [5.41, 5.74) is 3.67. The van der Waals surface area contributed by atoms with Crippen LogP contribution in [-0.4, -0.2) is 19.6 Å². The van der Waals surface area contributed by atoms with Gasteiger partial charge in [0, 0.05) is 12.2 Å². The fraction of sp³-hybridized carbons (Fsp3) is 0.300. The van der Waals surface area contributed by atoms with Crippen LogP contribution < -0.4 is 10.8 Å². The molecule has 0 atom stereocenters. The van der Waals surface area contributed by atoms with E-state index in [2.05, 4.69) is 15.6 Å². The van der Waals surface area contributed by atoms with Crippen LogP contribution in [0.25, 0.3) is 0 Å². The first kappa shape index (κ1) is 10.5. The molecule has 14 heavy (non-hydrogen) atoms. The molecule has 1 aromatic rings. The lowest BCUT2D eigenvalue weighted by Crippen LogP contribution is -2.23. The van der Waals surface area contributed by atoms with Crippen molar-refractivity contribution in [1.82, 2.24) is 5.48 Å². The molecule has 1 amide bonds. The van der Waals surface area contributed by atoms with Crippen molar-refractivity contribution >= 4 is 11.6 Å². The Morgan fingerprint density at radius 3 is 2.79 bits per heavy atom. The molecule has 0 aromatic heterocycles. The van der Waals surface area contributed by atoms with Crippen molar-refractivity contribution in [2.45, 2.75) is 6.92 Å². The lowest BCUT2D eigenvalue weighted by molar-refractivity contribution is 0.0538. The van der Waals surface area contributed by atoms with Gasteiger partial charge in [0.15, 0.2) is 0 Å². The molecule has 4 heteroatoms. The Balaban J connectivity index is 2.88. The topological polar surface area (TPSA) is 50.4 Å². The van der Waals surface area contributed by atoms with Crippen LogP contribution in [0.2, 0.25) is 0 Å². The zero-order chi connectivity index (χ0) is 10.4. The van der Waals surface area contributed by atoms with Gasteiger partial charge < -0.3 is 5.32 Å². The Morgan fingerprint density at radius 2 is 2.14 bits per heavy atom. The van der Waals surface area contributed by atoms with Gasteiger partial charge in [-0.3, -0.25) is 9.63 Å². The standard InChI is InChI=1S/C10H14N2O2/c1-3-11-9-7-5-4-6-8(9)10(13)12-14-2/h4-7,11H,3H2,1-2H3,(H,12,13). The Labute approximate surface area is 83.2 Å². The van der Waals surface area contributed by atoms with E-state index in [4.69, 9.17) is 0 Å². The van der Waals surface area contributed by atoms with Crippen LogP contribution in [-0.2, 0) is 4.84 Å². The van der Waals surface area contributed by atoms with Crippen molar-refractivity contribution in [2.24, 2.45) is 0 Å². The second-order valence-corrected chi connectivity index (χ2v) is 2.71. The maximum absolute atomic E-state index is 11.5. The Bertz CT molecular complexity index is 313. The van der Waals surface area contributed by atoms with Crippen LogP contribution in [0.1, 0.15) is 17.3 Å². The molecule has 0 fully saturated rings. The largest absolute Gasteiger partial charge is 0.385 e. The zero-order valence-electron chi connectivity index (χ0n) is 8.33. The van der Waals surface area contributed by atoms with Crippen molar-refractivity contribution < 1.29 is 9.63 Å². The fourth-order valence-corrected chi connectivity index (χ4v) is 1.17. The summed E-state index contributed by atoms with van der Waals surface area (Å²) in [6, 6.07) is 7.29. The summed E-state index contributed by atoms with van der Waals surface area (Å²) >= 11 is 0. The zero-order valence-corrected chi connectivity index (χ0v) is 8.33. The summed E-state index contributed by atoms with van der Waals surface area (Å²) in [6.45, 7) is 2.75. The highest BCUT2D eigenvalue weighted by Crippen LogP contribution is 2.14. The normalized spacial score (nSPS) is 9.57. The van der Waals surface area contributed by atoms with E-state index in [1.165, 1.54) is 7.11 Å². The van der Waals surface area contributed by atoms with Crippen molar-refractivity contribution in [2.75, 3.05) is 19.0 Å². The number of rotatable bonds is 4. The second kappa shape index (κ2) is 5.24. The van der Waals surface area contributed by atoms with E-state index < -0.39 is 0 Å². The summed E-state index contributed by atoms with van der Waals surface area (Å²) in [5.74, 6) is -0.246. The van der Waals surface area contributed by atoms with Crippen molar-refractivity contribution in [3.05, 3.63) is 29.8 Å². The average Bonchev–Trinajstić information content (AvgIpc) is 2.19. The molecule has 0 aliphatic rings. The summed E-state index contributed by atoms with van der Waals surface area (Å²) < 4.78 is 0. The van der Waals surface area contributed by atoms with Gasteiger partial charge >= 0.3 is 0 Å². The molecule has 0 saturated carbocycles. The van der Waals surface area contributed by atoms with Gasteiger partial charge in [0.1, 0.15) is 0 Å². The molecule has 0 unspecified atom stereocenters. The monoisotopic (exact) mass is 194 g/mol. The number of carbonyl (C=O) groups is 1. The van der Waals surface area contributed by atoms with E-state index in [0.717, 1.165) is 12.2 Å². The lowest BCUT2D eigenvalue weighted by atomic mass is 10.1. The van der Waals surface area contributed by atoms with Crippen LogP contribution >= 0.6 is 0 Å². The molecule has 0 bridgehead atoms. The number of amides is 1.